The van der Waals surface area contributed by atoms with Crippen LogP contribution in [-0.4, -0.2) is 60.7 Å². The lowest BCUT2D eigenvalue weighted by Gasteiger charge is -2.15. The van der Waals surface area contributed by atoms with Crippen molar-refractivity contribution in [2.24, 2.45) is 0 Å². The molecule has 0 bridgehead atoms. The molecule has 1 aliphatic rings. The van der Waals surface area contributed by atoms with Gasteiger partial charge in [-0.1, -0.05) is 6.07 Å². The lowest BCUT2D eigenvalue weighted by molar-refractivity contribution is -0.192. The zero-order valence-corrected chi connectivity index (χ0v) is 18.6. The van der Waals surface area contributed by atoms with Crippen molar-refractivity contribution in [1.82, 2.24) is 24.5 Å². The van der Waals surface area contributed by atoms with Crippen LogP contribution in [0, 0.1) is 5.82 Å². The molecule has 8 nitrogen and oxygen atoms in total. The van der Waals surface area contributed by atoms with E-state index in [4.69, 9.17) is 9.90 Å². The van der Waals surface area contributed by atoms with Gasteiger partial charge in [0.05, 0.1) is 0 Å². The van der Waals surface area contributed by atoms with Crippen LogP contribution in [0.15, 0.2) is 67.1 Å². The first-order valence-corrected chi connectivity index (χ1v) is 10.7. The van der Waals surface area contributed by atoms with E-state index >= 15 is 0 Å². The van der Waals surface area contributed by atoms with Crippen LogP contribution in [0.3, 0.4) is 0 Å². The average Bonchev–Trinajstić information content (AvgIpc) is 3.51. The highest BCUT2D eigenvalue weighted by molar-refractivity contribution is 5.94. The van der Waals surface area contributed by atoms with Crippen LogP contribution in [-0.2, 0) is 4.79 Å². The Kier molecular flexibility index (Phi) is 6.95. The van der Waals surface area contributed by atoms with E-state index in [1.54, 1.807) is 15.6 Å². The van der Waals surface area contributed by atoms with Gasteiger partial charge in [-0.05, 0) is 48.9 Å². The third-order valence-electron chi connectivity index (χ3n) is 5.52. The van der Waals surface area contributed by atoms with Crippen LogP contribution in [0.1, 0.15) is 28.5 Å². The zero-order chi connectivity index (χ0) is 25.9. The number of aromatic nitrogens is 4. The van der Waals surface area contributed by atoms with Crippen LogP contribution >= 0.6 is 0 Å². The molecular weight excluding hydrogens is 482 g/mol. The summed E-state index contributed by atoms with van der Waals surface area (Å²) in [6.45, 7) is 1.19. The molecule has 0 spiro atoms. The molecule has 1 fully saturated rings. The number of carbonyl (C=O) groups excluding carboxylic acids is 1. The number of benzene rings is 1. The molecule has 4 heterocycles. The maximum absolute atomic E-state index is 13.1. The fraction of sp³-hybridized carbons (Fsp3) is 0.208. The van der Waals surface area contributed by atoms with Crippen LogP contribution < -0.4 is 0 Å². The van der Waals surface area contributed by atoms with E-state index in [9.17, 15) is 22.4 Å². The van der Waals surface area contributed by atoms with E-state index in [1.807, 2.05) is 36.7 Å². The summed E-state index contributed by atoms with van der Waals surface area (Å²) in [7, 11) is 0. The molecule has 0 saturated carbocycles. The van der Waals surface area contributed by atoms with Gasteiger partial charge in [0, 0.05) is 54.3 Å². The van der Waals surface area contributed by atoms with Crippen LogP contribution in [0.25, 0.3) is 16.8 Å². The summed E-state index contributed by atoms with van der Waals surface area (Å²) in [5.41, 5.74) is 3.30. The van der Waals surface area contributed by atoms with Gasteiger partial charge in [0.1, 0.15) is 5.82 Å². The quantitative estimate of drug-likeness (QED) is 0.423. The van der Waals surface area contributed by atoms with Crippen molar-refractivity contribution in [2.45, 2.75) is 18.5 Å². The van der Waals surface area contributed by atoms with Gasteiger partial charge in [-0.25, -0.2) is 18.7 Å². The molecule has 1 saturated heterocycles. The highest BCUT2D eigenvalue weighted by atomic mass is 19.4. The van der Waals surface area contributed by atoms with E-state index in [0.29, 0.717) is 18.7 Å². The number of carboxylic acids is 1. The third-order valence-corrected chi connectivity index (χ3v) is 5.52. The molecule has 186 valence electrons. The SMILES string of the molecule is O=C(O)C(F)(F)F.O=C(c1ccc(F)cc1)N1CCC(c2nc3ccc(-c4cccnc4)cn3n2)C1. The van der Waals surface area contributed by atoms with Gasteiger partial charge < -0.3 is 10.0 Å². The van der Waals surface area contributed by atoms with Crippen molar-refractivity contribution in [2.75, 3.05) is 13.1 Å². The number of hydrogen-bond donors (Lipinski definition) is 1. The molecule has 1 aliphatic heterocycles. The topological polar surface area (TPSA) is 101 Å². The molecule has 1 amide bonds. The first-order chi connectivity index (χ1) is 17.1. The minimum atomic E-state index is -5.08. The molecule has 1 unspecified atom stereocenters. The Hall–Kier alpha value is -4.35. The number of pyridine rings is 2. The van der Waals surface area contributed by atoms with Gasteiger partial charge in [0.15, 0.2) is 11.5 Å². The highest BCUT2D eigenvalue weighted by Gasteiger charge is 2.38. The van der Waals surface area contributed by atoms with Gasteiger partial charge in [0.2, 0.25) is 0 Å². The molecule has 0 aliphatic carbocycles. The van der Waals surface area contributed by atoms with Gasteiger partial charge in [-0.3, -0.25) is 9.78 Å². The lowest BCUT2D eigenvalue weighted by atomic mass is 10.1. The molecule has 5 rings (SSSR count). The first-order valence-electron chi connectivity index (χ1n) is 10.7. The number of alkyl halides is 3. The Labute approximate surface area is 201 Å². The van der Waals surface area contributed by atoms with E-state index in [2.05, 4.69) is 15.1 Å². The Balaban J connectivity index is 0.000000384. The van der Waals surface area contributed by atoms with Crippen molar-refractivity contribution in [3.05, 3.63) is 84.3 Å². The largest absolute Gasteiger partial charge is 0.490 e. The number of rotatable bonds is 3. The Morgan fingerprint density at radius 2 is 1.75 bits per heavy atom. The molecular formula is C24H19F4N5O3. The Morgan fingerprint density at radius 3 is 2.39 bits per heavy atom. The van der Waals surface area contributed by atoms with Crippen molar-refractivity contribution in [1.29, 1.82) is 0 Å². The molecule has 0 radical (unpaired) electrons. The van der Waals surface area contributed by atoms with E-state index in [-0.39, 0.29) is 17.6 Å². The Bertz CT molecular complexity index is 1370. The number of carbonyl (C=O) groups is 2. The standard InChI is InChI=1S/C22H18FN5O.C2HF3O2/c23-19-6-3-15(4-7-19)22(29)27-11-9-18(13-27)21-25-20-8-5-17(14-28(20)26-21)16-2-1-10-24-12-16;3-2(4,5)1(6)7/h1-8,10,12,14,18H,9,11,13H2;(H,6,7). The average molecular weight is 501 g/mol. The third kappa shape index (κ3) is 5.65. The molecule has 1 aromatic carbocycles. The second kappa shape index (κ2) is 10.1. The van der Waals surface area contributed by atoms with Gasteiger partial charge in [0.25, 0.3) is 5.91 Å². The molecule has 1 N–H and O–H groups in total. The fourth-order valence-electron chi connectivity index (χ4n) is 3.71. The fourth-order valence-corrected chi connectivity index (χ4v) is 3.71. The second-order valence-electron chi connectivity index (χ2n) is 7.98. The molecule has 1 atom stereocenters. The number of amides is 1. The first kappa shape index (κ1) is 24.8. The van der Waals surface area contributed by atoms with Crippen LogP contribution in [0.4, 0.5) is 17.6 Å². The molecule has 12 heteroatoms. The second-order valence-corrected chi connectivity index (χ2v) is 7.98. The predicted molar refractivity (Wildman–Crippen MR) is 120 cm³/mol. The predicted octanol–water partition coefficient (Wildman–Crippen LogP) is 4.19. The maximum Gasteiger partial charge on any atom is 0.490 e. The number of carboxylic acid groups (broad SMARTS) is 1. The monoisotopic (exact) mass is 501 g/mol. The van der Waals surface area contributed by atoms with Crippen LogP contribution in [0.5, 0.6) is 0 Å². The van der Waals surface area contributed by atoms with E-state index in [0.717, 1.165) is 29.0 Å². The minimum Gasteiger partial charge on any atom is -0.475 e. The van der Waals surface area contributed by atoms with Crippen LogP contribution in [0.2, 0.25) is 0 Å². The summed E-state index contributed by atoms with van der Waals surface area (Å²) in [4.78, 5) is 32.2. The number of hydrogen-bond acceptors (Lipinski definition) is 5. The van der Waals surface area contributed by atoms with Crippen molar-refractivity contribution in [3.63, 3.8) is 0 Å². The number of halogens is 4. The highest BCUT2D eigenvalue weighted by Crippen LogP contribution is 2.27. The van der Waals surface area contributed by atoms with E-state index in [1.165, 1.54) is 24.3 Å². The number of aliphatic carboxylic acids is 1. The number of nitrogens with zero attached hydrogens (tertiary/aromatic N) is 5. The van der Waals surface area contributed by atoms with Crippen molar-refractivity contribution >= 4 is 17.5 Å². The summed E-state index contributed by atoms with van der Waals surface area (Å²) in [6, 6.07) is 13.5. The van der Waals surface area contributed by atoms with Gasteiger partial charge >= 0.3 is 12.1 Å². The zero-order valence-electron chi connectivity index (χ0n) is 18.6. The van der Waals surface area contributed by atoms with Gasteiger partial charge in [-0.15, -0.1) is 0 Å². The molecule has 4 aromatic rings. The Morgan fingerprint density at radius 1 is 1.03 bits per heavy atom. The molecule has 36 heavy (non-hydrogen) atoms. The smallest absolute Gasteiger partial charge is 0.475 e. The minimum absolute atomic E-state index is 0.0844. The normalized spacial score (nSPS) is 15.4. The lowest BCUT2D eigenvalue weighted by Crippen LogP contribution is -2.28. The number of fused-ring (bicyclic) bond motifs is 1. The van der Waals surface area contributed by atoms with Crippen molar-refractivity contribution in [3.8, 4) is 11.1 Å². The van der Waals surface area contributed by atoms with Gasteiger partial charge in [-0.2, -0.15) is 18.3 Å². The summed E-state index contributed by atoms with van der Waals surface area (Å²) < 4.78 is 46.6. The summed E-state index contributed by atoms with van der Waals surface area (Å²) in [6.07, 6.45) is 1.22. The van der Waals surface area contributed by atoms with E-state index < -0.39 is 12.1 Å². The molecule has 3 aromatic heterocycles. The summed E-state index contributed by atoms with van der Waals surface area (Å²) in [5.74, 6) is -2.37. The number of likely N-dealkylation sites (tertiary alicyclic amines) is 1. The van der Waals surface area contributed by atoms with Crippen molar-refractivity contribution < 1.29 is 32.3 Å². The maximum atomic E-state index is 13.1. The summed E-state index contributed by atoms with van der Waals surface area (Å²) in [5, 5.41) is 11.8. The summed E-state index contributed by atoms with van der Waals surface area (Å²) >= 11 is 0.